The van der Waals surface area contributed by atoms with Gasteiger partial charge >= 0.3 is 0 Å². The maximum absolute atomic E-state index is 12.4. The van der Waals surface area contributed by atoms with E-state index in [1.165, 1.54) is 18.2 Å². The summed E-state index contributed by atoms with van der Waals surface area (Å²) in [5.74, 6) is -0.594. The van der Waals surface area contributed by atoms with E-state index in [1.54, 1.807) is 31.2 Å². The number of anilines is 2. The number of nitro benzene ring substituents is 1. The van der Waals surface area contributed by atoms with Gasteiger partial charge in [0.05, 0.1) is 22.6 Å². The van der Waals surface area contributed by atoms with E-state index < -0.39 is 27.4 Å². The molecule has 0 fully saturated rings. The number of aryl methyl sites for hydroxylation is 2. The van der Waals surface area contributed by atoms with Crippen LogP contribution in [0.25, 0.3) is 0 Å². The van der Waals surface area contributed by atoms with E-state index >= 15 is 0 Å². The lowest BCUT2D eigenvalue weighted by Crippen LogP contribution is -2.37. The van der Waals surface area contributed by atoms with E-state index in [2.05, 4.69) is 5.32 Å². The van der Waals surface area contributed by atoms with Gasteiger partial charge in [0.25, 0.3) is 5.69 Å². The summed E-state index contributed by atoms with van der Waals surface area (Å²) >= 11 is 0. The summed E-state index contributed by atoms with van der Waals surface area (Å²) in [6.07, 6.45) is 1.83. The van der Waals surface area contributed by atoms with Gasteiger partial charge in [-0.05, 0) is 36.6 Å². The first-order chi connectivity index (χ1) is 12.6. The monoisotopic (exact) mass is 391 g/mol. The fourth-order valence-electron chi connectivity index (χ4n) is 2.48. The lowest BCUT2D eigenvalue weighted by Gasteiger charge is -2.22. The Balaban J connectivity index is 2.24. The highest BCUT2D eigenvalue weighted by Crippen LogP contribution is 2.23. The zero-order chi connectivity index (χ0) is 20.2. The summed E-state index contributed by atoms with van der Waals surface area (Å²) in [5.41, 5.74) is 2.16. The first-order valence-electron chi connectivity index (χ1n) is 8.23. The van der Waals surface area contributed by atoms with Gasteiger partial charge in [-0.2, -0.15) is 0 Å². The molecule has 1 N–H and O–H groups in total. The second kappa shape index (κ2) is 8.17. The molecular weight excluding hydrogens is 370 g/mol. The standard InChI is InChI=1S/C18H21N3O5S/c1-4-14-6-9-15(10-7-14)20(27(3,25)26)12-18(22)19-17-11-16(21(23)24)8-5-13(17)2/h5-11H,4,12H2,1-3H3,(H,19,22). The van der Waals surface area contributed by atoms with E-state index in [9.17, 15) is 23.3 Å². The van der Waals surface area contributed by atoms with Gasteiger partial charge in [0.2, 0.25) is 15.9 Å². The van der Waals surface area contributed by atoms with Gasteiger partial charge in [0.15, 0.2) is 0 Å². The van der Waals surface area contributed by atoms with E-state index in [1.807, 2.05) is 6.92 Å². The number of carbonyl (C=O) groups is 1. The highest BCUT2D eigenvalue weighted by molar-refractivity contribution is 7.92. The Bertz CT molecular complexity index is 955. The van der Waals surface area contributed by atoms with E-state index in [-0.39, 0.29) is 11.4 Å². The molecule has 2 aromatic rings. The van der Waals surface area contributed by atoms with E-state index in [0.29, 0.717) is 11.3 Å². The maximum atomic E-state index is 12.4. The van der Waals surface area contributed by atoms with Crippen molar-refractivity contribution in [1.29, 1.82) is 0 Å². The Kier molecular flexibility index (Phi) is 6.17. The minimum atomic E-state index is -3.69. The normalized spacial score (nSPS) is 11.1. The topological polar surface area (TPSA) is 110 Å². The number of rotatable bonds is 7. The molecule has 0 aliphatic heterocycles. The molecule has 0 aliphatic carbocycles. The smallest absolute Gasteiger partial charge is 0.271 e. The van der Waals surface area contributed by atoms with Crippen molar-refractivity contribution in [3.63, 3.8) is 0 Å². The van der Waals surface area contributed by atoms with Gasteiger partial charge in [-0.25, -0.2) is 8.42 Å². The van der Waals surface area contributed by atoms with Crippen LogP contribution in [0.1, 0.15) is 18.1 Å². The molecule has 8 nitrogen and oxygen atoms in total. The number of benzene rings is 2. The zero-order valence-corrected chi connectivity index (χ0v) is 16.1. The van der Waals surface area contributed by atoms with Crippen LogP contribution in [0.2, 0.25) is 0 Å². The predicted octanol–water partition coefficient (Wildman–Crippen LogP) is 2.87. The molecule has 0 heterocycles. The van der Waals surface area contributed by atoms with Gasteiger partial charge in [0, 0.05) is 12.1 Å². The first-order valence-corrected chi connectivity index (χ1v) is 10.1. The fraction of sp³-hybridized carbons (Fsp3) is 0.278. The largest absolute Gasteiger partial charge is 0.324 e. The number of carbonyl (C=O) groups excluding carboxylic acids is 1. The quantitative estimate of drug-likeness (QED) is 0.576. The first kappa shape index (κ1) is 20.4. The van der Waals surface area contributed by atoms with E-state index in [4.69, 9.17) is 0 Å². The van der Waals surface area contributed by atoms with Crippen LogP contribution >= 0.6 is 0 Å². The van der Waals surface area contributed by atoms with Crippen molar-refractivity contribution in [3.8, 4) is 0 Å². The Morgan fingerprint density at radius 1 is 1.19 bits per heavy atom. The SMILES string of the molecule is CCc1ccc(N(CC(=O)Nc2cc([N+](=O)[O-])ccc2C)S(C)(=O)=O)cc1. The highest BCUT2D eigenvalue weighted by atomic mass is 32.2. The number of amides is 1. The summed E-state index contributed by atoms with van der Waals surface area (Å²) in [4.78, 5) is 22.8. The number of sulfonamides is 1. The second-order valence-corrected chi connectivity index (χ2v) is 8.00. The molecule has 0 atom stereocenters. The average molecular weight is 391 g/mol. The van der Waals surface area contributed by atoms with Crippen LogP contribution in [0.4, 0.5) is 17.1 Å². The number of nitrogens with one attached hydrogen (secondary N) is 1. The van der Waals surface area contributed by atoms with Crippen LogP contribution in [-0.2, 0) is 21.2 Å². The lowest BCUT2D eigenvalue weighted by molar-refractivity contribution is -0.384. The van der Waals surface area contributed by atoms with Crippen LogP contribution in [0.15, 0.2) is 42.5 Å². The van der Waals surface area contributed by atoms with Gasteiger partial charge in [0.1, 0.15) is 6.54 Å². The molecule has 144 valence electrons. The van der Waals surface area contributed by atoms with Crippen LogP contribution in [0.3, 0.4) is 0 Å². The van der Waals surface area contributed by atoms with Gasteiger partial charge in [-0.15, -0.1) is 0 Å². The van der Waals surface area contributed by atoms with Crippen molar-refractivity contribution < 1.29 is 18.1 Å². The van der Waals surface area contributed by atoms with Crippen molar-refractivity contribution in [2.45, 2.75) is 20.3 Å². The molecule has 0 bridgehead atoms. The molecule has 2 rings (SSSR count). The second-order valence-electron chi connectivity index (χ2n) is 6.09. The fourth-order valence-corrected chi connectivity index (χ4v) is 3.33. The zero-order valence-electron chi connectivity index (χ0n) is 15.3. The minimum Gasteiger partial charge on any atom is -0.324 e. The van der Waals surface area contributed by atoms with Gasteiger partial charge in [-0.1, -0.05) is 25.1 Å². The van der Waals surface area contributed by atoms with Crippen molar-refractivity contribution in [1.82, 2.24) is 0 Å². The molecule has 9 heteroatoms. The van der Waals surface area contributed by atoms with Crippen LogP contribution in [0.5, 0.6) is 0 Å². The molecule has 0 aliphatic rings. The molecule has 0 spiro atoms. The van der Waals surface area contributed by atoms with Crippen molar-refractivity contribution in [3.05, 3.63) is 63.7 Å². The van der Waals surface area contributed by atoms with Crippen LogP contribution in [-0.4, -0.2) is 32.0 Å². The summed E-state index contributed by atoms with van der Waals surface area (Å²) in [5, 5.41) is 13.5. The molecule has 0 radical (unpaired) electrons. The Hall–Kier alpha value is -2.94. The number of hydrogen-bond acceptors (Lipinski definition) is 5. The maximum Gasteiger partial charge on any atom is 0.271 e. The summed E-state index contributed by atoms with van der Waals surface area (Å²) in [6, 6.07) is 11.0. The third-order valence-electron chi connectivity index (χ3n) is 4.03. The molecule has 1 amide bonds. The summed E-state index contributed by atoms with van der Waals surface area (Å²) < 4.78 is 25.3. The average Bonchev–Trinajstić information content (AvgIpc) is 2.60. The summed E-state index contributed by atoms with van der Waals surface area (Å²) in [6.45, 7) is 3.24. The molecule has 2 aromatic carbocycles. The Labute approximate surface area is 158 Å². The minimum absolute atomic E-state index is 0.161. The Morgan fingerprint density at radius 3 is 2.33 bits per heavy atom. The number of non-ortho nitro benzene ring substituents is 1. The molecule has 0 saturated carbocycles. The molecule has 0 unspecified atom stereocenters. The van der Waals surface area contributed by atoms with Crippen molar-refractivity contribution in [2.24, 2.45) is 0 Å². The molecule has 0 saturated heterocycles. The lowest BCUT2D eigenvalue weighted by atomic mass is 10.1. The third kappa shape index (κ3) is 5.27. The molecule has 0 aromatic heterocycles. The van der Waals surface area contributed by atoms with Crippen LogP contribution < -0.4 is 9.62 Å². The van der Waals surface area contributed by atoms with Gasteiger partial charge < -0.3 is 5.32 Å². The van der Waals surface area contributed by atoms with Crippen molar-refractivity contribution >= 4 is 33.0 Å². The van der Waals surface area contributed by atoms with E-state index in [0.717, 1.165) is 22.5 Å². The van der Waals surface area contributed by atoms with Crippen molar-refractivity contribution in [2.75, 3.05) is 22.4 Å². The number of nitro groups is 1. The summed E-state index contributed by atoms with van der Waals surface area (Å²) in [7, 11) is -3.69. The molecular formula is C18H21N3O5S. The van der Waals surface area contributed by atoms with Crippen LogP contribution in [0, 0.1) is 17.0 Å². The van der Waals surface area contributed by atoms with Gasteiger partial charge in [-0.3, -0.25) is 19.2 Å². The number of hydrogen-bond donors (Lipinski definition) is 1. The molecule has 27 heavy (non-hydrogen) atoms. The predicted molar refractivity (Wildman–Crippen MR) is 104 cm³/mol. The highest BCUT2D eigenvalue weighted by Gasteiger charge is 2.21. The Morgan fingerprint density at radius 2 is 1.81 bits per heavy atom. The number of nitrogens with zero attached hydrogens (tertiary/aromatic N) is 2. The third-order valence-corrected chi connectivity index (χ3v) is 5.17.